The van der Waals surface area contributed by atoms with Gasteiger partial charge in [-0.1, -0.05) is 11.6 Å². The maximum atomic E-state index is 12.7. The lowest BCUT2D eigenvalue weighted by Crippen LogP contribution is -2.25. The quantitative estimate of drug-likeness (QED) is 0.757. The zero-order valence-corrected chi connectivity index (χ0v) is 11.2. The Morgan fingerprint density at radius 3 is 2.53 bits per heavy atom. The highest BCUT2D eigenvalue weighted by Crippen LogP contribution is 2.36. The van der Waals surface area contributed by atoms with E-state index >= 15 is 0 Å². The molecule has 2 nitrogen and oxygen atoms in total. The topological polar surface area (TPSA) is 20.3 Å². The maximum absolute atomic E-state index is 12.7. The third kappa shape index (κ3) is 3.15. The van der Waals surface area contributed by atoms with Crippen molar-refractivity contribution in [1.29, 1.82) is 0 Å². The van der Waals surface area contributed by atoms with Gasteiger partial charge in [0.25, 0.3) is 0 Å². The monoisotopic (exact) mass is 311 g/mol. The summed E-state index contributed by atoms with van der Waals surface area (Å²) in [5, 5.41) is -0.0491. The number of alkyl halides is 4. The van der Waals surface area contributed by atoms with Crippen LogP contribution in [0.2, 0.25) is 5.02 Å². The molecule has 0 N–H and O–H groups in total. The van der Waals surface area contributed by atoms with Gasteiger partial charge in [0.05, 0.1) is 5.56 Å². The molecule has 1 aliphatic rings. The Morgan fingerprint density at radius 2 is 2.00 bits per heavy atom. The van der Waals surface area contributed by atoms with E-state index < -0.39 is 11.7 Å². The van der Waals surface area contributed by atoms with Crippen molar-refractivity contribution < 1.29 is 18.0 Å². The lowest BCUT2D eigenvalue weighted by atomic mass is 10.1. The van der Waals surface area contributed by atoms with Gasteiger partial charge >= 0.3 is 6.18 Å². The highest BCUT2D eigenvalue weighted by Gasteiger charge is 2.34. The van der Waals surface area contributed by atoms with Crippen LogP contribution in [0.3, 0.4) is 0 Å². The predicted molar refractivity (Wildman–Crippen MR) is 67.6 cm³/mol. The Hall–Kier alpha value is -0.940. The van der Waals surface area contributed by atoms with Gasteiger partial charge in [0.1, 0.15) is 0 Å². The molecular weight excluding hydrogens is 302 g/mol. The summed E-state index contributed by atoms with van der Waals surface area (Å²) in [7, 11) is 0. The van der Waals surface area contributed by atoms with Crippen molar-refractivity contribution in [3.05, 3.63) is 28.8 Å². The number of rotatable bonds is 2. The molecule has 0 saturated carbocycles. The van der Waals surface area contributed by atoms with Crippen LogP contribution >= 0.6 is 23.2 Å². The van der Waals surface area contributed by atoms with Gasteiger partial charge in [0.15, 0.2) is 0 Å². The van der Waals surface area contributed by atoms with Crippen molar-refractivity contribution >= 4 is 34.8 Å². The largest absolute Gasteiger partial charge is 0.416 e. The molecule has 104 valence electrons. The van der Waals surface area contributed by atoms with Crippen molar-refractivity contribution in [3.8, 4) is 0 Å². The summed E-state index contributed by atoms with van der Waals surface area (Å²) < 4.78 is 38.1. The van der Waals surface area contributed by atoms with E-state index in [1.165, 1.54) is 11.0 Å². The van der Waals surface area contributed by atoms with Crippen molar-refractivity contribution in [3.63, 3.8) is 0 Å². The van der Waals surface area contributed by atoms with Gasteiger partial charge in [0.2, 0.25) is 5.91 Å². The van der Waals surface area contributed by atoms with E-state index in [4.69, 9.17) is 23.2 Å². The van der Waals surface area contributed by atoms with E-state index in [2.05, 4.69) is 0 Å². The average molecular weight is 312 g/mol. The van der Waals surface area contributed by atoms with Crippen LogP contribution in [0.4, 0.5) is 18.9 Å². The van der Waals surface area contributed by atoms with Crippen molar-refractivity contribution in [2.75, 3.05) is 17.3 Å². The fraction of sp³-hybridized carbons (Fsp3) is 0.417. The average Bonchev–Trinajstić information content (AvgIpc) is 2.68. The molecule has 1 heterocycles. The fourth-order valence-electron chi connectivity index (χ4n) is 2.03. The predicted octanol–water partition coefficient (Wildman–Crippen LogP) is 3.95. The molecule has 1 atom stereocenters. The first kappa shape index (κ1) is 14.5. The minimum absolute atomic E-state index is 0.0394. The SMILES string of the molecule is O=C1CC(CCl)CN1c1cc(Cl)cc(C(F)(F)F)c1. The molecule has 0 aliphatic carbocycles. The van der Waals surface area contributed by atoms with Crippen molar-refractivity contribution in [2.45, 2.75) is 12.6 Å². The molecule has 1 aromatic rings. The number of nitrogens with zero attached hydrogens (tertiary/aromatic N) is 1. The lowest BCUT2D eigenvalue weighted by Gasteiger charge is -2.18. The first-order chi connectivity index (χ1) is 8.81. The number of halogens is 5. The Labute approximate surface area is 118 Å². The summed E-state index contributed by atoms with van der Waals surface area (Å²) in [5.74, 6) is 0.0260. The number of carbonyl (C=O) groups excluding carboxylic acids is 1. The van der Waals surface area contributed by atoms with E-state index in [1.807, 2.05) is 0 Å². The summed E-state index contributed by atoms with van der Waals surface area (Å²) in [6.45, 7) is 0.319. The van der Waals surface area contributed by atoms with Crippen LogP contribution in [0, 0.1) is 5.92 Å². The Balaban J connectivity index is 2.35. The molecule has 2 rings (SSSR count). The number of amides is 1. The summed E-state index contributed by atoms with van der Waals surface area (Å²) >= 11 is 11.4. The molecule has 1 aliphatic heterocycles. The smallest absolute Gasteiger partial charge is 0.312 e. The van der Waals surface area contributed by atoms with Crippen molar-refractivity contribution in [2.24, 2.45) is 5.92 Å². The Morgan fingerprint density at radius 1 is 1.32 bits per heavy atom. The molecule has 1 aromatic carbocycles. The molecular formula is C12H10Cl2F3NO. The second-order valence-corrected chi connectivity index (χ2v) is 5.17. The molecule has 7 heteroatoms. The second kappa shape index (κ2) is 5.21. The molecule has 1 saturated heterocycles. The summed E-state index contributed by atoms with van der Waals surface area (Å²) in [6.07, 6.45) is -4.24. The maximum Gasteiger partial charge on any atom is 0.416 e. The van der Waals surface area contributed by atoms with E-state index in [9.17, 15) is 18.0 Å². The van der Waals surface area contributed by atoms with E-state index in [0.29, 0.717) is 12.4 Å². The van der Waals surface area contributed by atoms with Gasteiger partial charge in [-0.25, -0.2) is 0 Å². The summed E-state index contributed by atoms with van der Waals surface area (Å²) in [4.78, 5) is 13.1. The highest BCUT2D eigenvalue weighted by molar-refractivity contribution is 6.31. The van der Waals surface area contributed by atoms with E-state index in [0.717, 1.165) is 12.1 Å². The Bertz CT molecular complexity index is 504. The molecule has 19 heavy (non-hydrogen) atoms. The van der Waals surface area contributed by atoms with Crippen LogP contribution in [-0.2, 0) is 11.0 Å². The second-order valence-electron chi connectivity index (χ2n) is 4.42. The Kier molecular flexibility index (Phi) is 3.97. The number of hydrogen-bond donors (Lipinski definition) is 0. The first-order valence-electron chi connectivity index (χ1n) is 5.55. The van der Waals surface area contributed by atoms with Crippen LogP contribution in [0.25, 0.3) is 0 Å². The van der Waals surface area contributed by atoms with Crippen molar-refractivity contribution in [1.82, 2.24) is 0 Å². The van der Waals surface area contributed by atoms with Gasteiger partial charge in [-0.3, -0.25) is 4.79 Å². The lowest BCUT2D eigenvalue weighted by molar-refractivity contribution is -0.137. The zero-order valence-electron chi connectivity index (χ0n) is 9.68. The van der Waals surface area contributed by atoms with Gasteiger partial charge < -0.3 is 4.90 Å². The van der Waals surface area contributed by atoms with Crippen LogP contribution in [0.15, 0.2) is 18.2 Å². The number of anilines is 1. The molecule has 0 bridgehead atoms. The molecule has 1 amide bonds. The normalized spacial score (nSPS) is 20.2. The van der Waals surface area contributed by atoms with Crippen LogP contribution in [-0.4, -0.2) is 18.3 Å². The van der Waals surface area contributed by atoms with Crippen LogP contribution in [0.5, 0.6) is 0 Å². The minimum atomic E-state index is -4.49. The van der Waals surface area contributed by atoms with E-state index in [1.54, 1.807) is 0 Å². The summed E-state index contributed by atoms with van der Waals surface area (Å²) in [5.41, 5.74) is -0.699. The number of carbonyl (C=O) groups is 1. The van der Waals surface area contributed by atoms with Gasteiger partial charge in [0, 0.05) is 29.6 Å². The fourth-order valence-corrected chi connectivity index (χ4v) is 2.46. The number of benzene rings is 1. The zero-order chi connectivity index (χ0) is 14.2. The number of hydrogen-bond acceptors (Lipinski definition) is 1. The van der Waals surface area contributed by atoms with Crippen LogP contribution in [0.1, 0.15) is 12.0 Å². The highest BCUT2D eigenvalue weighted by atomic mass is 35.5. The van der Waals surface area contributed by atoms with Gasteiger partial charge in [-0.05, 0) is 24.1 Å². The molecule has 1 unspecified atom stereocenters. The van der Waals surface area contributed by atoms with Crippen LogP contribution < -0.4 is 4.90 Å². The molecule has 0 aromatic heterocycles. The standard InChI is InChI=1S/C12H10Cl2F3NO/c13-5-7-1-11(19)18(6-7)10-3-8(12(15,16)17)2-9(14)4-10/h2-4,7H,1,5-6H2. The molecule has 0 spiro atoms. The van der Waals surface area contributed by atoms with E-state index in [-0.39, 0.29) is 29.0 Å². The minimum Gasteiger partial charge on any atom is -0.312 e. The van der Waals surface area contributed by atoms with Gasteiger partial charge in [-0.2, -0.15) is 13.2 Å². The first-order valence-corrected chi connectivity index (χ1v) is 6.46. The third-order valence-corrected chi connectivity index (χ3v) is 3.60. The molecule has 0 radical (unpaired) electrons. The third-order valence-electron chi connectivity index (χ3n) is 2.94. The molecule has 1 fully saturated rings. The summed E-state index contributed by atoms with van der Waals surface area (Å²) in [6, 6.07) is 3.12. The van der Waals surface area contributed by atoms with Gasteiger partial charge in [-0.15, -0.1) is 11.6 Å².